The molecule has 1 aliphatic heterocycles. The summed E-state index contributed by atoms with van der Waals surface area (Å²) in [6.07, 6.45) is -1.42. The Labute approximate surface area is 214 Å². The van der Waals surface area contributed by atoms with E-state index in [4.69, 9.17) is 20.0 Å². The van der Waals surface area contributed by atoms with Crippen molar-refractivity contribution in [1.82, 2.24) is 0 Å². The number of ether oxygens (including phenoxy) is 2. The number of rotatable bonds is 9. The fraction of sp³-hybridized carbons (Fsp3) is 0.222. The average Bonchev–Trinajstić information content (AvgIpc) is 3.25. The molecule has 0 amide bonds. The maximum absolute atomic E-state index is 11.9. The molecule has 0 saturated heterocycles. The molecule has 0 aliphatic carbocycles. The zero-order chi connectivity index (χ0) is 26.4. The summed E-state index contributed by atoms with van der Waals surface area (Å²) >= 11 is 0. The molecule has 1 atom stereocenters. The Balaban J connectivity index is 1.59. The number of nitrogens with two attached hydrogens (primary N) is 1. The first kappa shape index (κ1) is 25.5. The number of para-hydroxylation sites is 1. The fourth-order valence-corrected chi connectivity index (χ4v) is 4.15. The van der Waals surface area contributed by atoms with E-state index >= 15 is 0 Å². The van der Waals surface area contributed by atoms with Crippen LogP contribution in [0.1, 0.15) is 35.3 Å². The summed E-state index contributed by atoms with van der Waals surface area (Å²) in [5.74, 6) is -0.966. The minimum atomic E-state index is -1.00. The maximum Gasteiger partial charge on any atom is 0.535 e. The SMILES string of the molecule is CCOC(=O)O/N=C(\N)c1ccccc1-c1ccc(CN2c3c(cccc3C(=O)O)NC2OCC)cc1. The van der Waals surface area contributed by atoms with E-state index in [0.29, 0.717) is 30.1 Å². The minimum Gasteiger partial charge on any atom is -0.478 e. The second kappa shape index (κ2) is 11.4. The Morgan fingerprint density at radius 1 is 1.00 bits per heavy atom. The predicted molar refractivity (Wildman–Crippen MR) is 139 cm³/mol. The van der Waals surface area contributed by atoms with Gasteiger partial charge < -0.3 is 30.5 Å². The number of benzene rings is 3. The van der Waals surface area contributed by atoms with E-state index in [1.807, 2.05) is 60.4 Å². The highest BCUT2D eigenvalue weighted by molar-refractivity contribution is 6.03. The van der Waals surface area contributed by atoms with Crippen molar-refractivity contribution in [3.05, 3.63) is 83.4 Å². The van der Waals surface area contributed by atoms with Gasteiger partial charge in [-0.1, -0.05) is 59.8 Å². The van der Waals surface area contributed by atoms with Gasteiger partial charge in [0.2, 0.25) is 6.35 Å². The van der Waals surface area contributed by atoms with Crippen molar-refractivity contribution in [3.8, 4) is 11.1 Å². The molecule has 37 heavy (non-hydrogen) atoms. The van der Waals surface area contributed by atoms with Gasteiger partial charge in [-0.05, 0) is 42.7 Å². The molecule has 1 aliphatic rings. The van der Waals surface area contributed by atoms with Gasteiger partial charge in [-0.2, -0.15) is 0 Å². The van der Waals surface area contributed by atoms with Crippen molar-refractivity contribution in [1.29, 1.82) is 0 Å². The Hall–Kier alpha value is -4.57. The van der Waals surface area contributed by atoms with Crippen LogP contribution in [0.3, 0.4) is 0 Å². The van der Waals surface area contributed by atoms with Gasteiger partial charge in [-0.15, -0.1) is 0 Å². The summed E-state index contributed by atoms with van der Waals surface area (Å²) in [4.78, 5) is 29.9. The van der Waals surface area contributed by atoms with E-state index in [1.165, 1.54) is 0 Å². The highest BCUT2D eigenvalue weighted by Gasteiger charge is 2.33. The molecule has 0 saturated carbocycles. The Bertz CT molecular complexity index is 1310. The predicted octanol–water partition coefficient (Wildman–Crippen LogP) is 4.60. The summed E-state index contributed by atoms with van der Waals surface area (Å²) < 4.78 is 10.5. The Morgan fingerprint density at radius 2 is 1.73 bits per heavy atom. The lowest BCUT2D eigenvalue weighted by Crippen LogP contribution is -2.38. The van der Waals surface area contributed by atoms with Crippen LogP contribution in [0.2, 0.25) is 0 Å². The van der Waals surface area contributed by atoms with Crippen LogP contribution < -0.4 is 16.0 Å². The number of carbonyl (C=O) groups excluding carboxylic acids is 1. The van der Waals surface area contributed by atoms with Gasteiger partial charge in [0.1, 0.15) is 0 Å². The molecule has 0 radical (unpaired) electrons. The molecule has 0 aromatic heterocycles. The number of carboxylic acids is 1. The Kier molecular flexibility index (Phi) is 7.89. The van der Waals surface area contributed by atoms with Crippen LogP contribution in [0.25, 0.3) is 11.1 Å². The van der Waals surface area contributed by atoms with Crippen molar-refractivity contribution in [3.63, 3.8) is 0 Å². The zero-order valence-corrected chi connectivity index (χ0v) is 20.5. The summed E-state index contributed by atoms with van der Waals surface area (Å²) in [6, 6.07) is 20.3. The third-order valence-electron chi connectivity index (χ3n) is 5.74. The lowest BCUT2D eigenvalue weighted by Gasteiger charge is -2.27. The number of fused-ring (bicyclic) bond motifs is 1. The van der Waals surface area contributed by atoms with Crippen LogP contribution in [0.4, 0.5) is 16.2 Å². The topological polar surface area (TPSA) is 136 Å². The first-order valence-corrected chi connectivity index (χ1v) is 11.8. The number of amidine groups is 1. The number of oxime groups is 1. The monoisotopic (exact) mass is 504 g/mol. The Morgan fingerprint density at radius 3 is 2.43 bits per heavy atom. The molecule has 10 nitrogen and oxygen atoms in total. The average molecular weight is 505 g/mol. The normalized spacial score (nSPS) is 14.6. The van der Waals surface area contributed by atoms with E-state index in [-0.39, 0.29) is 18.0 Å². The summed E-state index contributed by atoms with van der Waals surface area (Å²) in [5.41, 5.74) is 10.8. The van der Waals surface area contributed by atoms with E-state index in [1.54, 1.807) is 25.1 Å². The van der Waals surface area contributed by atoms with Crippen LogP contribution in [0.5, 0.6) is 0 Å². The van der Waals surface area contributed by atoms with E-state index in [9.17, 15) is 14.7 Å². The van der Waals surface area contributed by atoms with Gasteiger partial charge in [0, 0.05) is 18.7 Å². The van der Waals surface area contributed by atoms with E-state index < -0.39 is 18.5 Å². The largest absolute Gasteiger partial charge is 0.535 e. The molecular weight excluding hydrogens is 476 g/mol. The molecule has 0 fully saturated rings. The molecule has 10 heteroatoms. The fourth-order valence-electron chi connectivity index (χ4n) is 4.15. The number of hydrogen-bond acceptors (Lipinski definition) is 8. The van der Waals surface area contributed by atoms with E-state index in [2.05, 4.69) is 10.5 Å². The number of anilines is 2. The van der Waals surface area contributed by atoms with Crippen molar-refractivity contribution >= 4 is 29.3 Å². The molecule has 0 bridgehead atoms. The second-order valence-electron chi connectivity index (χ2n) is 8.08. The standard InChI is InChI=1S/C27H28N4O6/c1-3-35-26-29-22-11-7-10-21(25(32)33)23(22)31(26)16-17-12-14-18(15-13-17)19-8-5-6-9-20(19)24(28)30-37-27(34)36-4-2/h5-15,26,29H,3-4,16H2,1-2H3,(H2,28,30)(H,32,33). The first-order valence-electron chi connectivity index (χ1n) is 11.8. The molecule has 1 unspecified atom stereocenters. The third kappa shape index (κ3) is 5.65. The molecular formula is C27H28N4O6. The lowest BCUT2D eigenvalue weighted by molar-refractivity contribution is 0.0611. The van der Waals surface area contributed by atoms with Crippen LogP contribution in [-0.4, -0.2) is 42.6 Å². The lowest BCUT2D eigenvalue weighted by atomic mass is 9.98. The summed E-state index contributed by atoms with van der Waals surface area (Å²) in [6.45, 7) is 4.60. The van der Waals surface area contributed by atoms with Crippen molar-refractivity contribution < 1.29 is 29.0 Å². The maximum atomic E-state index is 11.9. The first-order chi connectivity index (χ1) is 17.9. The quantitative estimate of drug-likeness (QED) is 0.126. The summed E-state index contributed by atoms with van der Waals surface area (Å²) in [5, 5.41) is 16.7. The second-order valence-corrected chi connectivity index (χ2v) is 8.08. The smallest absolute Gasteiger partial charge is 0.478 e. The molecule has 3 aromatic carbocycles. The minimum absolute atomic E-state index is 0.0354. The number of nitrogens with one attached hydrogen (secondary N) is 1. The molecule has 4 rings (SSSR count). The van der Waals surface area contributed by atoms with Gasteiger partial charge >= 0.3 is 12.1 Å². The van der Waals surface area contributed by atoms with Crippen LogP contribution in [0, 0.1) is 0 Å². The number of hydrogen-bond donors (Lipinski definition) is 3. The summed E-state index contributed by atoms with van der Waals surface area (Å²) in [7, 11) is 0. The highest BCUT2D eigenvalue weighted by Crippen LogP contribution is 2.39. The van der Waals surface area contributed by atoms with E-state index in [0.717, 1.165) is 16.7 Å². The highest BCUT2D eigenvalue weighted by atomic mass is 16.8. The van der Waals surface area contributed by atoms with Crippen LogP contribution in [-0.2, 0) is 20.9 Å². The zero-order valence-electron chi connectivity index (χ0n) is 20.5. The van der Waals surface area contributed by atoms with Gasteiger partial charge in [0.25, 0.3) is 0 Å². The molecule has 0 spiro atoms. The molecule has 1 heterocycles. The van der Waals surface area contributed by atoms with Gasteiger partial charge in [-0.3, -0.25) is 4.84 Å². The number of nitrogens with zero attached hydrogens (tertiary/aromatic N) is 2. The number of aromatic carboxylic acids is 1. The molecule has 4 N–H and O–H groups in total. The van der Waals surface area contributed by atoms with Gasteiger partial charge in [-0.25, -0.2) is 9.59 Å². The third-order valence-corrected chi connectivity index (χ3v) is 5.74. The van der Waals surface area contributed by atoms with Gasteiger partial charge in [0.15, 0.2) is 5.84 Å². The van der Waals surface area contributed by atoms with Crippen molar-refractivity contribution in [2.24, 2.45) is 10.9 Å². The number of carbonyl (C=O) groups is 2. The van der Waals surface area contributed by atoms with Crippen LogP contribution >= 0.6 is 0 Å². The molecule has 3 aromatic rings. The van der Waals surface area contributed by atoms with Crippen LogP contribution in [0.15, 0.2) is 71.9 Å². The number of carboxylic acid groups (broad SMARTS) is 1. The van der Waals surface area contributed by atoms with Crippen molar-refractivity contribution in [2.75, 3.05) is 23.4 Å². The molecule has 192 valence electrons. The van der Waals surface area contributed by atoms with Crippen molar-refractivity contribution in [2.45, 2.75) is 26.7 Å². The van der Waals surface area contributed by atoms with Gasteiger partial charge in [0.05, 0.1) is 23.5 Å².